The fraction of sp³-hybridized carbons (Fsp3) is 0.750. The number of nitrogens with zero attached hydrogens (tertiary/aromatic N) is 3. The molecule has 5 heteroatoms. The zero-order valence-electron chi connectivity index (χ0n) is 20.3. The molecule has 2 heterocycles. The van der Waals surface area contributed by atoms with Gasteiger partial charge in [-0.3, -0.25) is 14.5 Å². The molecule has 2 aromatic heterocycles. The number of pyridine rings is 1. The first-order valence-corrected chi connectivity index (χ1v) is 13.4. The van der Waals surface area contributed by atoms with E-state index in [1.165, 1.54) is 51.4 Å². The van der Waals surface area contributed by atoms with Crippen LogP contribution >= 0.6 is 0 Å². The molecule has 6 rings (SSSR count). The van der Waals surface area contributed by atoms with E-state index in [0.717, 1.165) is 59.6 Å². The minimum Gasteiger partial charge on any atom is -0.384 e. The normalized spacial score (nSPS) is 40.2. The van der Waals surface area contributed by atoms with E-state index in [2.05, 4.69) is 17.0 Å². The maximum absolute atomic E-state index is 13.5. The zero-order chi connectivity index (χ0) is 22.6. The van der Waals surface area contributed by atoms with Crippen LogP contribution in [0, 0.1) is 46.8 Å². The summed E-state index contributed by atoms with van der Waals surface area (Å²) in [7, 11) is 1.86. The highest BCUT2D eigenvalue weighted by Gasteiger charge is 2.58. The Labute approximate surface area is 197 Å². The van der Waals surface area contributed by atoms with E-state index in [1.807, 2.05) is 30.1 Å². The van der Waals surface area contributed by atoms with Crippen molar-refractivity contribution in [2.45, 2.75) is 71.3 Å². The van der Waals surface area contributed by atoms with E-state index in [0.29, 0.717) is 12.3 Å². The Hall–Kier alpha value is -1.75. The molecular weight excluding hydrogens is 410 g/mol. The summed E-state index contributed by atoms with van der Waals surface area (Å²) in [6.45, 7) is 3.80. The molecule has 8 atom stereocenters. The predicted octanol–water partition coefficient (Wildman–Crippen LogP) is 5.53. The fourth-order valence-electron chi connectivity index (χ4n) is 9.12. The number of carbonyl (C=O) groups is 1. The van der Waals surface area contributed by atoms with Gasteiger partial charge in [0.25, 0.3) is 0 Å². The lowest BCUT2D eigenvalue weighted by Gasteiger charge is -2.56. The number of aromatic nitrogens is 3. The minimum atomic E-state index is 0.184. The summed E-state index contributed by atoms with van der Waals surface area (Å²) in [6.07, 6.45) is 15.6. The van der Waals surface area contributed by atoms with Gasteiger partial charge in [0.05, 0.1) is 12.7 Å². The van der Waals surface area contributed by atoms with E-state index < -0.39 is 0 Å². The smallest absolute Gasteiger partial charge is 0.157 e. The topological polar surface area (TPSA) is 57.0 Å². The van der Waals surface area contributed by atoms with Gasteiger partial charge in [0.1, 0.15) is 11.0 Å². The lowest BCUT2D eigenvalue weighted by molar-refractivity contribution is -0.131. The van der Waals surface area contributed by atoms with Crippen molar-refractivity contribution in [1.82, 2.24) is 14.8 Å². The molecule has 0 aromatic carbocycles. The summed E-state index contributed by atoms with van der Waals surface area (Å²) in [5.74, 6) is 5.70. The van der Waals surface area contributed by atoms with Crippen molar-refractivity contribution in [3.05, 3.63) is 24.5 Å². The lowest BCUT2D eigenvalue weighted by Crippen LogP contribution is -2.49. The molecule has 2 aromatic rings. The first-order valence-electron chi connectivity index (χ1n) is 13.4. The summed E-state index contributed by atoms with van der Waals surface area (Å²) in [4.78, 5) is 17.9. The molecule has 0 spiro atoms. The number of hydrogen-bond acceptors (Lipinski definition) is 4. The van der Waals surface area contributed by atoms with E-state index in [4.69, 9.17) is 4.74 Å². The van der Waals surface area contributed by atoms with Gasteiger partial charge < -0.3 is 4.74 Å². The van der Waals surface area contributed by atoms with Crippen molar-refractivity contribution in [1.29, 1.82) is 0 Å². The third-order valence-corrected chi connectivity index (χ3v) is 10.5. The SMILES string of the molecule is COCC1CC[C@@H]2C3CCC4(C)C(C(=O)Cn5cc6ncccc6n5)CCC4C3CC[C@@H]2C1. The van der Waals surface area contributed by atoms with E-state index in [-0.39, 0.29) is 11.3 Å². The van der Waals surface area contributed by atoms with Crippen molar-refractivity contribution < 1.29 is 9.53 Å². The van der Waals surface area contributed by atoms with Crippen LogP contribution in [0.5, 0.6) is 0 Å². The highest BCUT2D eigenvalue weighted by Crippen LogP contribution is 2.64. The van der Waals surface area contributed by atoms with E-state index in [9.17, 15) is 4.79 Å². The molecule has 0 radical (unpaired) electrons. The van der Waals surface area contributed by atoms with Gasteiger partial charge in [0.2, 0.25) is 0 Å². The molecule has 4 saturated carbocycles. The monoisotopic (exact) mass is 449 g/mol. The molecule has 4 aliphatic carbocycles. The Morgan fingerprint density at radius 1 is 1.09 bits per heavy atom. The van der Waals surface area contributed by atoms with Gasteiger partial charge in [-0.25, -0.2) is 0 Å². The Morgan fingerprint density at radius 3 is 2.82 bits per heavy atom. The molecule has 6 unspecified atom stereocenters. The number of Topliss-reactive ketones (excluding diaryl/α,β-unsaturated/α-hetero) is 1. The molecule has 0 N–H and O–H groups in total. The second-order valence-electron chi connectivity index (χ2n) is 11.9. The fourth-order valence-corrected chi connectivity index (χ4v) is 9.12. The summed E-state index contributed by atoms with van der Waals surface area (Å²) in [5, 5.41) is 4.61. The van der Waals surface area contributed by atoms with Gasteiger partial charge in [0, 0.05) is 25.8 Å². The largest absolute Gasteiger partial charge is 0.384 e. The van der Waals surface area contributed by atoms with Gasteiger partial charge in [-0.1, -0.05) is 6.92 Å². The van der Waals surface area contributed by atoms with Crippen LogP contribution in [0.2, 0.25) is 0 Å². The second-order valence-corrected chi connectivity index (χ2v) is 11.9. The molecule has 178 valence electrons. The van der Waals surface area contributed by atoms with Crippen molar-refractivity contribution in [3.8, 4) is 0 Å². The minimum absolute atomic E-state index is 0.184. The average molecular weight is 450 g/mol. The van der Waals surface area contributed by atoms with Crippen LogP contribution in [0.15, 0.2) is 24.5 Å². The van der Waals surface area contributed by atoms with E-state index >= 15 is 0 Å². The average Bonchev–Trinajstić information content (AvgIpc) is 3.38. The highest BCUT2D eigenvalue weighted by atomic mass is 16.5. The van der Waals surface area contributed by atoms with E-state index in [1.54, 1.807) is 6.20 Å². The van der Waals surface area contributed by atoms with Crippen molar-refractivity contribution in [3.63, 3.8) is 0 Å². The summed E-state index contributed by atoms with van der Waals surface area (Å²) >= 11 is 0. The molecule has 0 bridgehead atoms. The number of ether oxygens (including phenoxy) is 1. The third-order valence-electron chi connectivity index (χ3n) is 10.5. The van der Waals surface area contributed by atoms with Crippen molar-refractivity contribution in [2.75, 3.05) is 13.7 Å². The van der Waals surface area contributed by atoms with Gasteiger partial charge in [-0.2, -0.15) is 5.10 Å². The molecular formula is C28H39N3O2. The number of fused-ring (bicyclic) bond motifs is 6. The molecule has 0 amide bonds. The number of methoxy groups -OCH3 is 1. The maximum Gasteiger partial charge on any atom is 0.157 e. The Bertz CT molecular complexity index is 984. The number of rotatable bonds is 5. The highest BCUT2D eigenvalue weighted by molar-refractivity contribution is 5.82. The Morgan fingerprint density at radius 2 is 1.97 bits per heavy atom. The number of carbonyl (C=O) groups excluding carboxylic acids is 1. The number of ketones is 1. The van der Waals surface area contributed by atoms with Crippen LogP contribution in [0.1, 0.15) is 64.7 Å². The molecule has 4 fully saturated rings. The van der Waals surface area contributed by atoms with Gasteiger partial charge in [0.15, 0.2) is 5.78 Å². The quantitative estimate of drug-likeness (QED) is 0.602. The van der Waals surface area contributed by atoms with Crippen LogP contribution in [-0.2, 0) is 16.1 Å². The number of hydrogen-bond donors (Lipinski definition) is 0. The summed E-state index contributed by atoms with van der Waals surface area (Å²) < 4.78 is 7.32. The molecule has 4 aliphatic rings. The molecule has 33 heavy (non-hydrogen) atoms. The predicted molar refractivity (Wildman–Crippen MR) is 129 cm³/mol. The first-order chi connectivity index (χ1) is 16.1. The Balaban J connectivity index is 1.16. The standard InChI is InChI=1S/C28H39N3O2/c1-28-12-11-21-20-7-5-18(17-33-2)14-19(20)6-8-22(21)23(28)9-10-24(28)27(32)16-31-15-26-25(30-31)4-3-13-29-26/h3-4,13,15,18-24H,5-12,14,16-17H2,1-2H3/t18?,19-,20+,21?,22?,23?,24?,28?/m1/s1. The third kappa shape index (κ3) is 3.66. The summed E-state index contributed by atoms with van der Waals surface area (Å²) in [6, 6.07) is 3.87. The van der Waals surface area contributed by atoms with Gasteiger partial charge in [-0.15, -0.1) is 0 Å². The lowest BCUT2D eigenvalue weighted by atomic mass is 9.49. The van der Waals surface area contributed by atoms with Crippen LogP contribution in [0.3, 0.4) is 0 Å². The molecule has 0 aliphatic heterocycles. The van der Waals surface area contributed by atoms with Gasteiger partial charge >= 0.3 is 0 Å². The van der Waals surface area contributed by atoms with Gasteiger partial charge in [-0.05, 0) is 111 Å². The van der Waals surface area contributed by atoms with Crippen molar-refractivity contribution >= 4 is 16.8 Å². The Kier molecular flexibility index (Phi) is 5.59. The molecule has 5 nitrogen and oxygen atoms in total. The van der Waals surface area contributed by atoms with Crippen molar-refractivity contribution in [2.24, 2.45) is 46.8 Å². The first kappa shape index (κ1) is 21.8. The summed E-state index contributed by atoms with van der Waals surface area (Å²) in [5.41, 5.74) is 1.93. The van der Waals surface area contributed by atoms with Crippen LogP contribution in [0.4, 0.5) is 0 Å². The molecule has 0 saturated heterocycles. The van der Waals surface area contributed by atoms with Crippen LogP contribution in [0.25, 0.3) is 11.0 Å². The van der Waals surface area contributed by atoms with Crippen LogP contribution < -0.4 is 0 Å². The van der Waals surface area contributed by atoms with Crippen LogP contribution in [-0.4, -0.2) is 34.3 Å². The second kappa shape index (κ2) is 8.48. The maximum atomic E-state index is 13.5. The zero-order valence-corrected chi connectivity index (χ0v) is 20.3.